The molecule has 3 heterocycles. The van der Waals surface area contributed by atoms with Crippen LogP contribution in [0, 0.1) is 18.8 Å². The van der Waals surface area contributed by atoms with Crippen molar-refractivity contribution in [3.05, 3.63) is 47.8 Å². The number of hydrogen-bond donors (Lipinski definition) is 1. The third-order valence-electron chi connectivity index (χ3n) is 7.91. The summed E-state index contributed by atoms with van der Waals surface area (Å²) in [7, 11) is 0. The van der Waals surface area contributed by atoms with E-state index in [0.29, 0.717) is 12.0 Å². The van der Waals surface area contributed by atoms with Crippen LogP contribution in [0.1, 0.15) is 74.2 Å². The first kappa shape index (κ1) is 20.4. The van der Waals surface area contributed by atoms with E-state index in [1.807, 2.05) is 12.1 Å². The minimum atomic E-state index is 0.588. The van der Waals surface area contributed by atoms with Gasteiger partial charge in [0.15, 0.2) is 0 Å². The molecule has 0 aromatic carbocycles. The van der Waals surface area contributed by atoms with Crippen LogP contribution in [-0.2, 0) is 0 Å². The van der Waals surface area contributed by atoms with Crippen LogP contribution in [0.5, 0.6) is 0 Å². The van der Waals surface area contributed by atoms with Crippen molar-refractivity contribution in [3.8, 4) is 11.3 Å². The zero-order chi connectivity index (χ0) is 21.7. The lowest BCUT2D eigenvalue weighted by Crippen LogP contribution is -2.50. The molecule has 6 rings (SSSR count). The molecule has 3 aliphatic carbocycles. The van der Waals surface area contributed by atoms with Gasteiger partial charge >= 0.3 is 0 Å². The molecule has 1 saturated heterocycles. The highest BCUT2D eigenvalue weighted by atomic mass is 15.2. The predicted octanol–water partition coefficient (Wildman–Crippen LogP) is 5.72. The Morgan fingerprint density at radius 3 is 2.50 bits per heavy atom. The van der Waals surface area contributed by atoms with E-state index in [9.17, 15) is 0 Å². The van der Waals surface area contributed by atoms with Gasteiger partial charge in [-0.3, -0.25) is 0 Å². The molecule has 0 spiro atoms. The average molecular weight is 429 g/mol. The summed E-state index contributed by atoms with van der Waals surface area (Å²) < 4.78 is 0. The Morgan fingerprint density at radius 2 is 1.78 bits per heavy atom. The van der Waals surface area contributed by atoms with Crippen LogP contribution in [0.4, 0.5) is 5.82 Å². The summed E-state index contributed by atoms with van der Waals surface area (Å²) in [5.41, 5.74) is 5.72. The molecule has 168 valence electrons. The second kappa shape index (κ2) is 8.30. The minimum absolute atomic E-state index is 0.588. The van der Waals surface area contributed by atoms with Gasteiger partial charge in [-0.15, -0.1) is 0 Å². The maximum atomic E-state index is 5.38. The van der Waals surface area contributed by atoms with E-state index in [1.165, 1.54) is 74.0 Å². The van der Waals surface area contributed by atoms with Gasteiger partial charge in [0, 0.05) is 36.7 Å². The molecular weight excluding hydrogens is 392 g/mol. The Morgan fingerprint density at radius 1 is 1.00 bits per heavy atom. The van der Waals surface area contributed by atoms with Crippen molar-refractivity contribution in [2.24, 2.45) is 11.8 Å². The van der Waals surface area contributed by atoms with Gasteiger partial charge in [0.05, 0.1) is 17.1 Å². The van der Waals surface area contributed by atoms with E-state index in [1.54, 1.807) is 0 Å². The summed E-state index contributed by atoms with van der Waals surface area (Å²) >= 11 is 0. The summed E-state index contributed by atoms with van der Waals surface area (Å²) in [4.78, 5) is 12.8. The Bertz CT molecular complexity index is 1000. The summed E-state index contributed by atoms with van der Waals surface area (Å²) in [5, 5.41) is 4.11. The normalized spacial score (nSPS) is 26.5. The van der Waals surface area contributed by atoms with Gasteiger partial charge in [0.2, 0.25) is 0 Å². The number of nitrogens with one attached hydrogen (secondary N) is 1. The van der Waals surface area contributed by atoms with Gasteiger partial charge in [-0.2, -0.15) is 0 Å². The lowest BCUT2D eigenvalue weighted by atomic mass is 9.99. The van der Waals surface area contributed by atoms with E-state index < -0.39 is 0 Å². The van der Waals surface area contributed by atoms with Crippen molar-refractivity contribution in [1.29, 1.82) is 0 Å². The highest BCUT2D eigenvalue weighted by Gasteiger charge is 2.39. The first-order valence-corrected chi connectivity index (χ1v) is 12.8. The zero-order valence-electron chi connectivity index (χ0n) is 19.4. The molecule has 0 amide bonds. The minimum Gasteiger partial charge on any atom is -0.355 e. The van der Waals surface area contributed by atoms with Crippen LogP contribution in [0.2, 0.25) is 0 Å². The topological polar surface area (TPSA) is 41.0 Å². The van der Waals surface area contributed by atoms with E-state index in [-0.39, 0.29) is 0 Å². The van der Waals surface area contributed by atoms with Crippen molar-refractivity contribution in [2.75, 3.05) is 18.0 Å². The molecule has 2 aromatic rings. The quantitative estimate of drug-likeness (QED) is 0.639. The third kappa shape index (κ3) is 4.22. The summed E-state index contributed by atoms with van der Waals surface area (Å²) in [6.07, 6.45) is 12.6. The van der Waals surface area contributed by atoms with Gasteiger partial charge in [0.1, 0.15) is 5.82 Å². The molecule has 32 heavy (non-hydrogen) atoms. The highest BCUT2D eigenvalue weighted by molar-refractivity contribution is 5.69. The maximum Gasteiger partial charge on any atom is 0.131 e. The Balaban J connectivity index is 1.32. The molecule has 2 aromatic heterocycles. The van der Waals surface area contributed by atoms with Gasteiger partial charge in [-0.05, 0) is 100.0 Å². The van der Waals surface area contributed by atoms with E-state index >= 15 is 0 Å². The van der Waals surface area contributed by atoms with Crippen molar-refractivity contribution in [1.82, 2.24) is 15.3 Å². The highest BCUT2D eigenvalue weighted by Crippen LogP contribution is 2.45. The third-order valence-corrected chi connectivity index (χ3v) is 7.91. The van der Waals surface area contributed by atoms with E-state index in [4.69, 9.17) is 9.97 Å². The van der Waals surface area contributed by atoms with E-state index in [2.05, 4.69) is 41.9 Å². The van der Waals surface area contributed by atoms with Crippen LogP contribution in [0.25, 0.3) is 17.3 Å². The van der Waals surface area contributed by atoms with Crippen molar-refractivity contribution in [3.63, 3.8) is 0 Å². The van der Waals surface area contributed by atoms with Crippen LogP contribution >= 0.6 is 0 Å². The van der Waals surface area contributed by atoms with Crippen LogP contribution in [0.3, 0.4) is 0 Å². The molecular formula is C28H36N4. The standard InChI is InChI=1S/C28H36N4/c1-3-22-6-4-7-25(29-22)23-16-18(2)28(31-27(23)21-13-14-21)32-15-5-8-24(19-9-10-19)30-26(17-32)20-11-12-20/h3-4,6-7,16,19-21,24,26,30H,1,5,8-15,17H2,2H3. The summed E-state index contributed by atoms with van der Waals surface area (Å²) in [6.45, 7) is 8.38. The van der Waals surface area contributed by atoms with Crippen LogP contribution in [0.15, 0.2) is 30.8 Å². The van der Waals surface area contributed by atoms with Crippen molar-refractivity contribution >= 4 is 11.9 Å². The lowest BCUT2D eigenvalue weighted by Gasteiger charge is -2.36. The summed E-state index contributed by atoms with van der Waals surface area (Å²) in [5.74, 6) is 3.62. The first-order valence-electron chi connectivity index (χ1n) is 12.8. The molecule has 1 N–H and O–H groups in total. The maximum absolute atomic E-state index is 5.38. The average Bonchev–Trinajstić information content (AvgIpc) is 3.64. The van der Waals surface area contributed by atoms with Gasteiger partial charge in [-0.25, -0.2) is 9.97 Å². The van der Waals surface area contributed by atoms with Crippen molar-refractivity contribution in [2.45, 2.75) is 76.3 Å². The molecule has 4 heteroatoms. The SMILES string of the molecule is C=Cc1cccc(-c2cc(C)c(N3CCCC(C4CC4)NC(C4CC4)C3)nc2C2CC2)n1. The van der Waals surface area contributed by atoms with E-state index in [0.717, 1.165) is 42.4 Å². The largest absolute Gasteiger partial charge is 0.355 e. The number of aryl methyl sites for hydroxylation is 1. The zero-order valence-corrected chi connectivity index (χ0v) is 19.4. The molecule has 2 atom stereocenters. The fourth-order valence-corrected chi connectivity index (χ4v) is 5.61. The number of aromatic nitrogens is 2. The Kier molecular flexibility index (Phi) is 5.29. The molecule has 1 aliphatic heterocycles. The number of hydrogen-bond acceptors (Lipinski definition) is 4. The smallest absolute Gasteiger partial charge is 0.131 e. The number of nitrogens with zero attached hydrogens (tertiary/aromatic N) is 3. The number of pyridine rings is 2. The molecule has 4 nitrogen and oxygen atoms in total. The number of rotatable bonds is 6. The fourth-order valence-electron chi connectivity index (χ4n) is 5.61. The Hall–Kier alpha value is -2.20. The first-order chi connectivity index (χ1) is 15.7. The molecule has 4 aliphatic rings. The van der Waals surface area contributed by atoms with Crippen LogP contribution < -0.4 is 10.2 Å². The molecule has 2 unspecified atom stereocenters. The summed E-state index contributed by atoms with van der Waals surface area (Å²) in [6, 6.07) is 9.95. The molecule has 0 radical (unpaired) electrons. The fraction of sp³-hybridized carbons (Fsp3) is 0.571. The second-order valence-corrected chi connectivity index (χ2v) is 10.6. The molecule has 0 bridgehead atoms. The van der Waals surface area contributed by atoms with Crippen molar-refractivity contribution < 1.29 is 0 Å². The monoisotopic (exact) mass is 428 g/mol. The molecule has 3 saturated carbocycles. The van der Waals surface area contributed by atoms with Gasteiger partial charge < -0.3 is 10.2 Å². The van der Waals surface area contributed by atoms with Gasteiger partial charge in [-0.1, -0.05) is 12.6 Å². The molecule has 4 fully saturated rings. The van der Waals surface area contributed by atoms with Crippen LogP contribution in [-0.4, -0.2) is 35.1 Å². The van der Waals surface area contributed by atoms with Gasteiger partial charge in [0.25, 0.3) is 0 Å². The number of anilines is 1. The second-order valence-electron chi connectivity index (χ2n) is 10.6. The predicted molar refractivity (Wildman–Crippen MR) is 132 cm³/mol. The Labute approximate surface area is 192 Å². The lowest BCUT2D eigenvalue weighted by molar-refractivity contribution is 0.327.